The van der Waals surface area contributed by atoms with Gasteiger partial charge in [0.25, 0.3) is 0 Å². The molecule has 0 spiro atoms. The second kappa shape index (κ2) is 12.0. The first kappa shape index (κ1) is 27.5. The van der Waals surface area contributed by atoms with Gasteiger partial charge in [-0.2, -0.15) is 5.26 Å². The van der Waals surface area contributed by atoms with E-state index in [4.69, 9.17) is 14.1 Å². The number of ether oxygens (including phenoxy) is 1. The quantitative estimate of drug-likeness (QED) is 0.345. The number of carbonyl (C=O) groups is 1. The fourth-order valence-corrected chi connectivity index (χ4v) is 6.47. The smallest absolute Gasteiger partial charge is 0.230 e. The van der Waals surface area contributed by atoms with Gasteiger partial charge in [-0.3, -0.25) is 4.79 Å². The van der Waals surface area contributed by atoms with Crippen LogP contribution in [-0.4, -0.2) is 40.7 Å². The Balaban J connectivity index is 1.19. The zero-order chi connectivity index (χ0) is 28.3. The first-order valence-electron chi connectivity index (χ1n) is 15.0. The zero-order valence-corrected chi connectivity index (χ0v) is 23.7. The summed E-state index contributed by atoms with van der Waals surface area (Å²) in [4.78, 5) is 25.3. The van der Waals surface area contributed by atoms with E-state index in [1.807, 2.05) is 35.2 Å². The number of oxazole rings is 1. The number of carbonyl (C=O) groups excluding carboxylic acids is 1. The van der Waals surface area contributed by atoms with Gasteiger partial charge in [-0.1, -0.05) is 12.1 Å². The molecule has 1 N–H and O–H groups in total. The van der Waals surface area contributed by atoms with Gasteiger partial charge in [-0.25, -0.2) is 9.97 Å². The van der Waals surface area contributed by atoms with E-state index in [0.29, 0.717) is 48.6 Å². The van der Waals surface area contributed by atoms with Crippen LogP contribution in [0.3, 0.4) is 0 Å². The summed E-state index contributed by atoms with van der Waals surface area (Å²) in [5, 5.41) is 19.5. The number of aliphatic hydroxyl groups is 1. The lowest BCUT2D eigenvalue weighted by atomic mass is 9.79. The van der Waals surface area contributed by atoms with Crippen LogP contribution in [0.5, 0.6) is 5.75 Å². The van der Waals surface area contributed by atoms with Gasteiger partial charge in [0.2, 0.25) is 5.91 Å². The van der Waals surface area contributed by atoms with Crippen molar-refractivity contribution < 1.29 is 19.1 Å². The van der Waals surface area contributed by atoms with Crippen molar-refractivity contribution in [2.45, 2.75) is 82.1 Å². The topological polar surface area (TPSA) is 112 Å². The highest BCUT2D eigenvalue weighted by Gasteiger charge is 2.33. The fraction of sp³-hybridized carbons (Fsp3) is 0.515. The van der Waals surface area contributed by atoms with Gasteiger partial charge < -0.3 is 19.2 Å². The molecular weight excluding hydrogens is 516 g/mol. The van der Waals surface area contributed by atoms with Crippen molar-refractivity contribution in [3.63, 3.8) is 0 Å². The van der Waals surface area contributed by atoms with Crippen LogP contribution in [0.4, 0.5) is 5.69 Å². The molecule has 8 nitrogen and oxygen atoms in total. The third kappa shape index (κ3) is 6.15. The van der Waals surface area contributed by atoms with Crippen LogP contribution >= 0.6 is 0 Å². The minimum Gasteiger partial charge on any atom is -0.494 e. The molecule has 214 valence electrons. The normalized spacial score (nSPS) is 24.4. The molecule has 0 aliphatic heterocycles. The number of methoxy groups -OCH3 is 1. The summed E-state index contributed by atoms with van der Waals surface area (Å²) in [6.45, 7) is 0.666. The Labute approximate surface area is 241 Å². The molecule has 0 bridgehead atoms. The predicted octanol–water partition coefficient (Wildman–Crippen LogP) is 6.35. The lowest BCUT2D eigenvalue weighted by Gasteiger charge is -2.35. The van der Waals surface area contributed by atoms with E-state index in [1.54, 1.807) is 13.4 Å². The monoisotopic (exact) mass is 554 g/mol. The Hall–Kier alpha value is -3.70. The second-order valence-corrected chi connectivity index (χ2v) is 12.0. The van der Waals surface area contributed by atoms with Gasteiger partial charge in [-0.15, -0.1) is 0 Å². The third-order valence-electron chi connectivity index (χ3n) is 9.13. The highest BCUT2D eigenvalue weighted by Crippen LogP contribution is 2.41. The minimum absolute atomic E-state index is 0.0696. The molecule has 6 rings (SSSR count). The molecule has 0 unspecified atom stereocenters. The van der Waals surface area contributed by atoms with Gasteiger partial charge in [0, 0.05) is 41.2 Å². The molecular formula is C33H38N4O4. The number of rotatable bonds is 8. The van der Waals surface area contributed by atoms with Crippen LogP contribution in [0, 0.1) is 23.2 Å². The summed E-state index contributed by atoms with van der Waals surface area (Å²) in [7, 11) is 1.55. The number of aromatic nitrogens is 2. The van der Waals surface area contributed by atoms with E-state index in [1.165, 1.54) is 0 Å². The molecule has 0 radical (unpaired) electrons. The van der Waals surface area contributed by atoms with E-state index < -0.39 is 0 Å². The number of nitriles is 1. The average molecular weight is 555 g/mol. The maximum absolute atomic E-state index is 14.0. The molecule has 1 amide bonds. The van der Waals surface area contributed by atoms with E-state index in [2.05, 4.69) is 17.1 Å². The lowest BCUT2D eigenvalue weighted by molar-refractivity contribution is -0.124. The van der Waals surface area contributed by atoms with Crippen LogP contribution in [0.15, 0.2) is 47.1 Å². The van der Waals surface area contributed by atoms with Crippen LogP contribution in [-0.2, 0) is 4.79 Å². The summed E-state index contributed by atoms with van der Waals surface area (Å²) in [5.41, 5.74) is 3.94. The van der Waals surface area contributed by atoms with Gasteiger partial charge >= 0.3 is 0 Å². The van der Waals surface area contributed by atoms with Crippen molar-refractivity contribution in [1.82, 2.24) is 9.97 Å². The number of pyridine rings is 1. The number of amides is 1. The Kier molecular flexibility index (Phi) is 8.06. The van der Waals surface area contributed by atoms with Gasteiger partial charge in [0.05, 0.1) is 13.2 Å². The number of hydrogen-bond acceptors (Lipinski definition) is 7. The number of benzene rings is 1. The summed E-state index contributed by atoms with van der Waals surface area (Å²) in [6, 6.07) is 14.1. The minimum atomic E-state index is -0.299. The van der Waals surface area contributed by atoms with E-state index in [-0.39, 0.29) is 17.9 Å². The van der Waals surface area contributed by atoms with Crippen LogP contribution < -0.4 is 9.64 Å². The molecule has 3 aromatic rings. The molecule has 3 aliphatic carbocycles. The number of aliphatic hydroxyl groups excluding tert-OH is 1. The predicted molar refractivity (Wildman–Crippen MR) is 154 cm³/mol. The Bertz CT molecular complexity index is 1410. The van der Waals surface area contributed by atoms with Gasteiger partial charge in [-0.05, 0) is 94.4 Å². The van der Waals surface area contributed by atoms with E-state index in [9.17, 15) is 15.2 Å². The average Bonchev–Trinajstić information content (AvgIpc) is 3.75. The van der Waals surface area contributed by atoms with Crippen molar-refractivity contribution in [1.29, 1.82) is 5.26 Å². The van der Waals surface area contributed by atoms with Gasteiger partial charge in [0.15, 0.2) is 17.3 Å². The molecule has 41 heavy (non-hydrogen) atoms. The van der Waals surface area contributed by atoms with Crippen molar-refractivity contribution in [3.8, 4) is 23.1 Å². The van der Waals surface area contributed by atoms with Crippen LogP contribution in [0.25, 0.3) is 11.3 Å². The maximum Gasteiger partial charge on any atom is 0.230 e. The van der Waals surface area contributed by atoms with Crippen molar-refractivity contribution in [2.75, 3.05) is 18.6 Å². The number of nitrogens with zero attached hydrogens (tertiary/aromatic N) is 4. The molecule has 8 heteroatoms. The molecule has 3 aliphatic rings. The SMILES string of the molecule is COc1ccc([C@H]2CC[C@H](CN(c3cccc(-c4coc(C5CC5)n4)c3)C(=O)[C@H]3CC[C@H](O)CC3)CC2)nc1C#N. The van der Waals surface area contributed by atoms with E-state index in [0.717, 1.165) is 79.9 Å². The Morgan fingerprint density at radius 1 is 1.02 bits per heavy atom. The Morgan fingerprint density at radius 2 is 1.78 bits per heavy atom. The summed E-state index contributed by atoms with van der Waals surface area (Å²) in [5.74, 6) is 2.52. The van der Waals surface area contributed by atoms with Crippen LogP contribution in [0.2, 0.25) is 0 Å². The third-order valence-corrected chi connectivity index (χ3v) is 9.13. The molecule has 3 saturated carbocycles. The first-order chi connectivity index (χ1) is 20.0. The summed E-state index contributed by atoms with van der Waals surface area (Å²) < 4.78 is 11.0. The van der Waals surface area contributed by atoms with E-state index >= 15 is 0 Å². The van der Waals surface area contributed by atoms with Crippen molar-refractivity contribution in [3.05, 3.63) is 59.9 Å². The summed E-state index contributed by atoms with van der Waals surface area (Å²) >= 11 is 0. The van der Waals surface area contributed by atoms with Crippen LogP contribution in [0.1, 0.15) is 93.3 Å². The zero-order valence-electron chi connectivity index (χ0n) is 23.7. The standard InChI is InChI=1S/C33H38N4O4/c1-40-31-16-15-28(35-29(31)18-34)22-7-5-21(6-8-22)19-37(33(39)24-11-13-27(38)14-12-24)26-4-2-3-25(17-26)30-20-41-32(36-30)23-9-10-23/h2-4,15-17,20-24,27,38H,5-14,19H2,1H3/t21-,22-,24-,27-. The second-order valence-electron chi connectivity index (χ2n) is 12.0. The first-order valence-corrected chi connectivity index (χ1v) is 15.0. The number of anilines is 1. The number of hydrogen-bond donors (Lipinski definition) is 1. The molecule has 2 aromatic heterocycles. The summed E-state index contributed by atoms with van der Waals surface area (Å²) in [6.07, 6.45) is 10.4. The highest BCUT2D eigenvalue weighted by atomic mass is 16.5. The molecule has 2 heterocycles. The van der Waals surface area contributed by atoms with Crippen molar-refractivity contribution in [2.24, 2.45) is 11.8 Å². The molecule has 1 aromatic carbocycles. The molecule has 0 saturated heterocycles. The molecule has 0 atom stereocenters. The largest absolute Gasteiger partial charge is 0.494 e. The van der Waals surface area contributed by atoms with Gasteiger partial charge in [0.1, 0.15) is 18.0 Å². The lowest BCUT2D eigenvalue weighted by Crippen LogP contribution is -2.41. The highest BCUT2D eigenvalue weighted by molar-refractivity contribution is 5.95. The molecule has 3 fully saturated rings. The maximum atomic E-state index is 14.0. The fourth-order valence-electron chi connectivity index (χ4n) is 6.47. The Morgan fingerprint density at radius 3 is 2.49 bits per heavy atom. The van der Waals surface area contributed by atoms with Crippen molar-refractivity contribution >= 4 is 11.6 Å².